The van der Waals surface area contributed by atoms with E-state index in [1.807, 2.05) is 19.1 Å². The number of ether oxygens (including phenoxy) is 2. The molecule has 0 aliphatic carbocycles. The number of phenols is 2. The highest BCUT2D eigenvalue weighted by Gasteiger charge is 2.54. The minimum Gasteiger partial charge on any atom is -0.508 e. The van der Waals surface area contributed by atoms with Gasteiger partial charge in [0.15, 0.2) is 5.60 Å². The van der Waals surface area contributed by atoms with Crippen LogP contribution in [0.15, 0.2) is 54.6 Å². The molecule has 0 saturated carbocycles. The number of aromatic hydroxyl groups is 2. The average molecular weight is 392 g/mol. The van der Waals surface area contributed by atoms with Crippen LogP contribution in [0.25, 0.3) is 0 Å². The molecule has 5 rings (SSSR count). The molecule has 1 spiro atoms. The third-order valence-electron chi connectivity index (χ3n) is 5.26. The van der Waals surface area contributed by atoms with Crippen LogP contribution in [0.2, 0.25) is 0 Å². The highest BCUT2D eigenvalue weighted by atomic mass is 32.1. The lowest BCUT2D eigenvalue weighted by Crippen LogP contribution is -2.34. The molecule has 2 aliphatic rings. The Morgan fingerprint density at radius 2 is 1.71 bits per heavy atom. The highest BCUT2D eigenvalue weighted by Crippen LogP contribution is 2.59. The number of fused-ring (bicyclic) bond motifs is 6. The SMILES string of the molecule is CC(S)c1cc(O)cc2c1C1(OC(=O)c3ccccc31)c1ccc(O)cc1O2. The van der Waals surface area contributed by atoms with Crippen LogP contribution in [-0.2, 0) is 10.3 Å². The van der Waals surface area contributed by atoms with E-state index in [-0.39, 0.29) is 16.7 Å². The zero-order chi connectivity index (χ0) is 19.6. The number of rotatable bonds is 1. The second-order valence-corrected chi connectivity index (χ2v) is 7.76. The van der Waals surface area contributed by atoms with Crippen molar-refractivity contribution in [3.63, 3.8) is 0 Å². The maximum atomic E-state index is 12.8. The van der Waals surface area contributed by atoms with Crippen LogP contribution >= 0.6 is 12.6 Å². The first-order valence-electron chi connectivity index (χ1n) is 8.81. The Morgan fingerprint density at radius 3 is 2.50 bits per heavy atom. The lowest BCUT2D eigenvalue weighted by atomic mass is 9.75. The molecule has 0 radical (unpaired) electrons. The maximum absolute atomic E-state index is 12.8. The van der Waals surface area contributed by atoms with Gasteiger partial charge in [-0.05, 0) is 36.8 Å². The molecule has 2 unspecified atom stereocenters. The smallest absolute Gasteiger partial charge is 0.340 e. The monoisotopic (exact) mass is 392 g/mol. The van der Waals surface area contributed by atoms with E-state index in [0.717, 1.165) is 0 Å². The summed E-state index contributed by atoms with van der Waals surface area (Å²) in [5.74, 6) is 0.330. The van der Waals surface area contributed by atoms with Gasteiger partial charge in [0.05, 0.1) is 11.1 Å². The molecular formula is C22H16O5S. The fourth-order valence-electron chi connectivity index (χ4n) is 4.15. The predicted octanol–water partition coefficient (Wildman–Crippen LogP) is 4.66. The van der Waals surface area contributed by atoms with Gasteiger partial charge in [0.25, 0.3) is 0 Å². The van der Waals surface area contributed by atoms with E-state index in [9.17, 15) is 15.0 Å². The van der Waals surface area contributed by atoms with Crippen molar-refractivity contribution >= 4 is 18.6 Å². The number of benzene rings is 3. The van der Waals surface area contributed by atoms with E-state index >= 15 is 0 Å². The molecule has 5 nitrogen and oxygen atoms in total. The lowest BCUT2D eigenvalue weighted by Gasteiger charge is -2.38. The molecule has 3 aromatic carbocycles. The van der Waals surface area contributed by atoms with Gasteiger partial charge in [-0.25, -0.2) is 4.79 Å². The topological polar surface area (TPSA) is 76.0 Å². The first-order chi connectivity index (χ1) is 13.4. The van der Waals surface area contributed by atoms with E-state index in [0.29, 0.717) is 39.3 Å². The number of carbonyl (C=O) groups excluding carboxylic acids is 1. The van der Waals surface area contributed by atoms with Crippen LogP contribution in [0, 0.1) is 0 Å². The molecule has 2 aliphatic heterocycles. The van der Waals surface area contributed by atoms with Gasteiger partial charge in [0.1, 0.15) is 23.0 Å². The highest BCUT2D eigenvalue weighted by molar-refractivity contribution is 7.80. The van der Waals surface area contributed by atoms with E-state index in [1.165, 1.54) is 18.2 Å². The van der Waals surface area contributed by atoms with Crippen LogP contribution in [-0.4, -0.2) is 16.2 Å². The molecule has 3 aromatic rings. The molecule has 0 fully saturated rings. The predicted molar refractivity (Wildman–Crippen MR) is 105 cm³/mol. The summed E-state index contributed by atoms with van der Waals surface area (Å²) in [6.45, 7) is 1.88. The second kappa shape index (κ2) is 5.69. The quantitative estimate of drug-likeness (QED) is 0.415. The van der Waals surface area contributed by atoms with E-state index in [2.05, 4.69) is 12.6 Å². The van der Waals surface area contributed by atoms with Crippen molar-refractivity contribution in [2.75, 3.05) is 0 Å². The Bertz CT molecular complexity index is 1150. The van der Waals surface area contributed by atoms with Gasteiger partial charge in [-0.1, -0.05) is 18.2 Å². The van der Waals surface area contributed by atoms with Gasteiger partial charge in [-0.3, -0.25) is 0 Å². The number of carbonyl (C=O) groups is 1. The summed E-state index contributed by atoms with van der Waals surface area (Å²) in [6.07, 6.45) is 0. The van der Waals surface area contributed by atoms with Crippen molar-refractivity contribution in [3.8, 4) is 23.0 Å². The Morgan fingerprint density at radius 1 is 0.964 bits per heavy atom. The third-order valence-corrected chi connectivity index (χ3v) is 5.53. The standard InChI is InChI=1S/C22H16O5S/c1-11(28)15-8-13(24)10-19-20(15)22(17-7-6-12(23)9-18(17)26-19)16-5-3-2-4-14(16)21(25)27-22/h2-11,23-24,28H,1H3. The van der Waals surface area contributed by atoms with Crippen molar-refractivity contribution in [2.45, 2.75) is 17.8 Å². The number of hydrogen-bond donors (Lipinski definition) is 3. The molecule has 0 bridgehead atoms. The number of hydrogen-bond acceptors (Lipinski definition) is 6. The van der Waals surface area contributed by atoms with Crippen LogP contribution in [0.3, 0.4) is 0 Å². The van der Waals surface area contributed by atoms with Crippen molar-refractivity contribution in [1.29, 1.82) is 0 Å². The number of thiol groups is 1. The number of esters is 1. The van der Waals surface area contributed by atoms with Crippen molar-refractivity contribution in [2.24, 2.45) is 0 Å². The molecule has 0 amide bonds. The van der Waals surface area contributed by atoms with Gasteiger partial charge < -0.3 is 19.7 Å². The molecular weight excluding hydrogens is 376 g/mol. The molecule has 2 atom stereocenters. The number of phenolic OH excluding ortho intramolecular Hbond substituents is 2. The molecule has 2 heterocycles. The summed E-state index contributed by atoms with van der Waals surface area (Å²) in [7, 11) is 0. The average Bonchev–Trinajstić information content (AvgIpc) is 2.94. The van der Waals surface area contributed by atoms with Crippen molar-refractivity contribution < 1.29 is 24.5 Å². The minimum atomic E-state index is -1.25. The van der Waals surface area contributed by atoms with Crippen molar-refractivity contribution in [1.82, 2.24) is 0 Å². The van der Waals surface area contributed by atoms with Crippen LogP contribution in [0.5, 0.6) is 23.0 Å². The Balaban J connectivity index is 1.95. The molecule has 28 heavy (non-hydrogen) atoms. The molecule has 2 N–H and O–H groups in total. The molecule has 0 saturated heterocycles. The lowest BCUT2D eigenvalue weighted by molar-refractivity contribution is 0.0221. The summed E-state index contributed by atoms with van der Waals surface area (Å²) in [5.41, 5.74) is 1.85. The first-order valence-corrected chi connectivity index (χ1v) is 9.33. The van der Waals surface area contributed by atoms with Gasteiger partial charge >= 0.3 is 5.97 Å². The van der Waals surface area contributed by atoms with Gasteiger partial charge in [0, 0.05) is 28.5 Å². The summed E-state index contributed by atoms with van der Waals surface area (Å²) >= 11 is 4.58. The Labute approximate surface area is 166 Å². The van der Waals surface area contributed by atoms with Crippen LogP contribution in [0.1, 0.15) is 44.8 Å². The Kier molecular flexibility index (Phi) is 3.46. The minimum absolute atomic E-state index is 0.0195. The maximum Gasteiger partial charge on any atom is 0.340 e. The summed E-state index contributed by atoms with van der Waals surface area (Å²) in [4.78, 5) is 12.8. The van der Waals surface area contributed by atoms with Crippen molar-refractivity contribution in [3.05, 3.63) is 82.4 Å². The van der Waals surface area contributed by atoms with Gasteiger partial charge in [-0.2, -0.15) is 12.6 Å². The normalized spacial score (nSPS) is 20.0. The first kappa shape index (κ1) is 17.0. The zero-order valence-corrected chi connectivity index (χ0v) is 15.7. The largest absolute Gasteiger partial charge is 0.508 e. The second-order valence-electron chi connectivity index (χ2n) is 6.98. The van der Waals surface area contributed by atoms with Gasteiger partial charge in [-0.15, -0.1) is 0 Å². The summed E-state index contributed by atoms with van der Waals surface area (Å²) in [5, 5.41) is 19.9. The Hall–Kier alpha value is -3.12. The van der Waals surface area contributed by atoms with Crippen LogP contribution in [0.4, 0.5) is 0 Å². The van der Waals surface area contributed by atoms with E-state index in [1.54, 1.807) is 24.3 Å². The molecule has 0 aromatic heterocycles. The van der Waals surface area contributed by atoms with Gasteiger partial charge in [0.2, 0.25) is 0 Å². The van der Waals surface area contributed by atoms with E-state index < -0.39 is 11.6 Å². The molecule has 6 heteroatoms. The summed E-state index contributed by atoms with van der Waals surface area (Å²) in [6, 6.07) is 15.0. The summed E-state index contributed by atoms with van der Waals surface area (Å²) < 4.78 is 12.1. The molecule has 140 valence electrons. The third kappa shape index (κ3) is 2.12. The van der Waals surface area contributed by atoms with Crippen LogP contribution < -0.4 is 4.74 Å². The fraction of sp³-hybridized carbons (Fsp3) is 0.136. The van der Waals surface area contributed by atoms with E-state index in [4.69, 9.17) is 9.47 Å². The zero-order valence-electron chi connectivity index (χ0n) is 14.8. The fourth-order valence-corrected chi connectivity index (χ4v) is 4.35.